The first-order chi connectivity index (χ1) is 19.4. The Bertz CT molecular complexity index is 1790. The molecule has 0 amide bonds. The van der Waals surface area contributed by atoms with E-state index < -0.39 is 11.3 Å². The van der Waals surface area contributed by atoms with Crippen LogP contribution in [0.1, 0.15) is 82.0 Å². The molecule has 41 heavy (non-hydrogen) atoms. The van der Waals surface area contributed by atoms with E-state index in [1.54, 1.807) is 6.08 Å². The van der Waals surface area contributed by atoms with Gasteiger partial charge < -0.3 is 0 Å². The van der Waals surface area contributed by atoms with Crippen LogP contribution in [0.4, 0.5) is 5.69 Å². The molecule has 1 heterocycles. The zero-order valence-corrected chi connectivity index (χ0v) is 24.2. The van der Waals surface area contributed by atoms with Gasteiger partial charge in [-0.1, -0.05) is 47.6 Å². The van der Waals surface area contributed by atoms with Crippen molar-refractivity contribution in [3.8, 4) is 36.4 Å². The number of fused-ring (bicyclic) bond motifs is 3. The van der Waals surface area contributed by atoms with E-state index in [9.17, 15) is 31.6 Å². The minimum absolute atomic E-state index is 0.00451. The molecule has 1 unspecified atom stereocenters. The summed E-state index contributed by atoms with van der Waals surface area (Å²) in [5.41, 5.74) is 3.48. The molecule has 9 heteroatoms. The Morgan fingerprint density at radius 3 is 2.02 bits per heavy atom. The lowest BCUT2D eigenvalue weighted by Crippen LogP contribution is -2.26. The average Bonchev–Trinajstić information content (AvgIpc) is 2.93. The first-order valence-corrected chi connectivity index (χ1v) is 13.2. The predicted octanol–water partition coefficient (Wildman–Crippen LogP) is 6.44. The molecule has 202 valence electrons. The lowest BCUT2D eigenvalue weighted by Gasteiger charge is -2.29. The number of hydrogen-bond donors (Lipinski definition) is 0. The molecular weight excluding hydrogens is 510 g/mol. The molecule has 1 aliphatic carbocycles. The smallest absolute Gasteiger partial charge is 0.177 e. The molecule has 0 N–H and O–H groups in total. The molecule has 0 spiro atoms. The maximum Gasteiger partial charge on any atom is 0.177 e. The lowest BCUT2D eigenvalue weighted by molar-refractivity contribution is 0.369. The number of nitriles is 6. The Kier molecular flexibility index (Phi) is 8.69. The van der Waals surface area contributed by atoms with E-state index in [0.29, 0.717) is 23.1 Å². The molecule has 0 bridgehead atoms. The Hall–Kier alpha value is -5.35. The number of benzene rings is 1. The zero-order valence-electron chi connectivity index (χ0n) is 24.2. The predicted molar refractivity (Wildman–Crippen MR) is 153 cm³/mol. The number of aliphatic imine (C=N–C) groups is 1. The van der Waals surface area contributed by atoms with Gasteiger partial charge in [0, 0.05) is 5.92 Å². The summed E-state index contributed by atoms with van der Waals surface area (Å²) in [6.07, 6.45) is 2.57. The number of rotatable bonds is 4. The van der Waals surface area contributed by atoms with Gasteiger partial charge in [0.2, 0.25) is 0 Å². The van der Waals surface area contributed by atoms with Gasteiger partial charge in [0.05, 0.1) is 28.4 Å². The third-order valence-electron chi connectivity index (χ3n) is 7.39. The van der Waals surface area contributed by atoms with Crippen molar-refractivity contribution >= 4 is 22.4 Å². The Morgan fingerprint density at radius 1 is 0.976 bits per heavy atom. The van der Waals surface area contributed by atoms with Gasteiger partial charge in [-0.25, -0.2) is 15.0 Å². The summed E-state index contributed by atoms with van der Waals surface area (Å²) in [4.78, 5) is 13.8. The molecule has 1 aromatic carbocycles. The van der Waals surface area contributed by atoms with Crippen molar-refractivity contribution in [2.75, 3.05) is 0 Å². The highest BCUT2D eigenvalue weighted by Crippen LogP contribution is 2.45. The van der Waals surface area contributed by atoms with Crippen LogP contribution in [0.25, 0.3) is 11.0 Å². The summed E-state index contributed by atoms with van der Waals surface area (Å²) in [5, 5.41) is 59.7. The Labute approximate surface area is 240 Å². The van der Waals surface area contributed by atoms with Crippen molar-refractivity contribution in [1.82, 2.24) is 9.97 Å². The summed E-state index contributed by atoms with van der Waals surface area (Å²) in [5.74, 6) is -1.20. The first kappa shape index (κ1) is 30.2. The van der Waals surface area contributed by atoms with E-state index in [4.69, 9.17) is 4.99 Å². The van der Waals surface area contributed by atoms with Crippen LogP contribution in [0.3, 0.4) is 0 Å². The van der Waals surface area contributed by atoms with E-state index in [0.717, 1.165) is 16.7 Å². The third-order valence-corrected chi connectivity index (χ3v) is 7.39. The first-order valence-electron chi connectivity index (χ1n) is 13.2. The van der Waals surface area contributed by atoms with E-state index in [2.05, 4.69) is 34.2 Å². The van der Waals surface area contributed by atoms with Crippen LogP contribution in [0.5, 0.6) is 0 Å². The van der Waals surface area contributed by atoms with E-state index in [1.165, 1.54) is 0 Å². The second kappa shape index (κ2) is 11.8. The highest BCUT2D eigenvalue weighted by atomic mass is 14.9. The van der Waals surface area contributed by atoms with Crippen LogP contribution in [-0.4, -0.2) is 15.7 Å². The molecule has 0 radical (unpaired) electrons. The number of allylic oxidation sites excluding steroid dienone is 4. The van der Waals surface area contributed by atoms with E-state index in [1.807, 2.05) is 60.6 Å². The van der Waals surface area contributed by atoms with Crippen molar-refractivity contribution in [2.45, 2.75) is 67.2 Å². The normalized spacial score (nSPS) is 16.1. The Morgan fingerprint density at radius 2 is 1.59 bits per heavy atom. The maximum absolute atomic E-state index is 10.1. The quantitative estimate of drug-likeness (QED) is 0.398. The number of aromatic nitrogens is 2. The molecule has 1 aliphatic rings. The fourth-order valence-electron chi connectivity index (χ4n) is 5.23. The zero-order chi connectivity index (χ0) is 30.6. The molecule has 0 aliphatic heterocycles. The van der Waals surface area contributed by atoms with Gasteiger partial charge >= 0.3 is 0 Å². The van der Waals surface area contributed by atoms with Gasteiger partial charge in [-0.05, 0) is 53.4 Å². The van der Waals surface area contributed by atoms with Crippen LogP contribution in [0.15, 0.2) is 27.8 Å². The monoisotopic (exact) mass is 539 g/mol. The minimum atomic E-state index is -0.829. The maximum atomic E-state index is 10.1. The summed E-state index contributed by atoms with van der Waals surface area (Å²) in [6.45, 7) is 13.3. The van der Waals surface area contributed by atoms with Gasteiger partial charge in [-0.15, -0.1) is 0 Å². The topological polar surface area (TPSA) is 181 Å². The standard InChI is InChI=1S/C32H29N9/c1-8-19-9-22-28(21(17(2)3)10-20(11-33)23(19)12-34)18(4)29(39-25(14-36)24(13-35)32(5,6)7)31-30(22)40-26(15-37)27(16-38)41-31/h10,17,21,24H,8-9H2,1-7H3/t21-,24?/m1/s1. The number of nitrogens with zero attached hydrogens (tertiary/aromatic N) is 9. The van der Waals surface area contributed by atoms with Gasteiger partial charge in [0.1, 0.15) is 47.5 Å². The summed E-state index contributed by atoms with van der Waals surface area (Å²) < 4.78 is 0. The average molecular weight is 540 g/mol. The Balaban J connectivity index is 2.69. The van der Waals surface area contributed by atoms with Gasteiger partial charge in [-0.3, -0.25) is 0 Å². The van der Waals surface area contributed by atoms with Crippen molar-refractivity contribution in [3.05, 3.63) is 50.9 Å². The summed E-state index contributed by atoms with van der Waals surface area (Å²) >= 11 is 0. The molecule has 9 nitrogen and oxygen atoms in total. The van der Waals surface area contributed by atoms with Crippen LogP contribution >= 0.6 is 0 Å². The largest absolute Gasteiger partial charge is 0.238 e. The second-order valence-electron chi connectivity index (χ2n) is 11.3. The van der Waals surface area contributed by atoms with Crippen molar-refractivity contribution in [3.63, 3.8) is 0 Å². The van der Waals surface area contributed by atoms with Crippen LogP contribution in [-0.2, 0) is 6.42 Å². The van der Waals surface area contributed by atoms with E-state index >= 15 is 0 Å². The minimum Gasteiger partial charge on any atom is -0.238 e. The van der Waals surface area contributed by atoms with Crippen molar-refractivity contribution < 1.29 is 0 Å². The van der Waals surface area contributed by atoms with Crippen molar-refractivity contribution in [1.29, 1.82) is 31.6 Å². The molecule has 1 aromatic heterocycles. The SMILES string of the molecule is CCC1=C(C#N)C(C#N)=C[C@H](C(C)C)c2c(C)c(N=C(C#N)C(C#N)C(C)(C)C)c3nc(C#N)c(C#N)nc3c2C1. The fourth-order valence-corrected chi connectivity index (χ4v) is 5.23. The van der Waals surface area contributed by atoms with Crippen LogP contribution in [0, 0.1) is 92.2 Å². The summed E-state index contributed by atoms with van der Waals surface area (Å²) in [6, 6.07) is 12.6. The third kappa shape index (κ3) is 5.41. The molecule has 2 atom stereocenters. The van der Waals surface area contributed by atoms with E-state index in [-0.39, 0.29) is 52.1 Å². The lowest BCUT2D eigenvalue weighted by atomic mass is 9.76. The molecule has 2 aromatic rings. The van der Waals surface area contributed by atoms with Crippen molar-refractivity contribution in [2.24, 2.45) is 22.2 Å². The highest BCUT2D eigenvalue weighted by molar-refractivity contribution is 6.06. The van der Waals surface area contributed by atoms with Gasteiger partial charge in [0.15, 0.2) is 11.4 Å². The number of hydrogen-bond acceptors (Lipinski definition) is 9. The van der Waals surface area contributed by atoms with Crippen LogP contribution < -0.4 is 0 Å². The highest BCUT2D eigenvalue weighted by Gasteiger charge is 2.33. The molecular formula is C32H29N9. The molecule has 0 saturated heterocycles. The van der Waals surface area contributed by atoms with Gasteiger partial charge in [-0.2, -0.15) is 31.6 Å². The van der Waals surface area contributed by atoms with Gasteiger partial charge in [0.25, 0.3) is 0 Å². The second-order valence-corrected chi connectivity index (χ2v) is 11.3. The summed E-state index contributed by atoms with van der Waals surface area (Å²) in [7, 11) is 0. The fraction of sp³-hybridized carbons (Fsp3) is 0.406. The molecule has 0 fully saturated rings. The molecule has 0 saturated carbocycles. The molecule has 3 rings (SSSR count). The van der Waals surface area contributed by atoms with Crippen LogP contribution in [0.2, 0.25) is 0 Å².